The van der Waals surface area contributed by atoms with Gasteiger partial charge < -0.3 is 16.0 Å². The normalized spacial score (nSPS) is 10.0. The van der Waals surface area contributed by atoms with Gasteiger partial charge in [-0.05, 0) is 36.2 Å². The van der Waals surface area contributed by atoms with Crippen LogP contribution in [0.2, 0.25) is 0 Å². The first-order valence-electron chi connectivity index (χ1n) is 8.12. The van der Waals surface area contributed by atoms with E-state index in [-0.39, 0.29) is 18.4 Å². The summed E-state index contributed by atoms with van der Waals surface area (Å²) in [6.07, 6.45) is 0.906. The number of hydrogen-bond donors (Lipinski definition) is 3. The summed E-state index contributed by atoms with van der Waals surface area (Å²) in [4.78, 5) is 23.7. The quantitative estimate of drug-likeness (QED) is 0.698. The van der Waals surface area contributed by atoms with E-state index in [1.807, 2.05) is 37.3 Å². The SMILES string of the molecule is CCCNC(=O)c1ccc(NCC(=O)NCc2ccccc2)cc1. The van der Waals surface area contributed by atoms with Crippen LogP contribution in [0.4, 0.5) is 5.69 Å². The monoisotopic (exact) mass is 325 g/mol. The molecule has 0 radical (unpaired) electrons. The lowest BCUT2D eigenvalue weighted by atomic mass is 10.2. The van der Waals surface area contributed by atoms with Crippen LogP contribution in [-0.2, 0) is 11.3 Å². The topological polar surface area (TPSA) is 70.2 Å². The molecule has 2 aromatic carbocycles. The molecule has 0 atom stereocenters. The first-order valence-corrected chi connectivity index (χ1v) is 8.12. The number of nitrogens with one attached hydrogen (secondary N) is 3. The third kappa shape index (κ3) is 5.76. The minimum absolute atomic E-state index is 0.0796. The van der Waals surface area contributed by atoms with Gasteiger partial charge in [-0.1, -0.05) is 37.3 Å². The minimum Gasteiger partial charge on any atom is -0.376 e. The summed E-state index contributed by atoms with van der Waals surface area (Å²) in [5, 5.41) is 8.73. The Morgan fingerprint density at radius 1 is 0.917 bits per heavy atom. The molecule has 2 amide bonds. The van der Waals surface area contributed by atoms with Crippen molar-refractivity contribution in [1.29, 1.82) is 0 Å². The molecular formula is C19H23N3O2. The molecule has 126 valence electrons. The summed E-state index contributed by atoms with van der Waals surface area (Å²) in [6.45, 7) is 3.38. The van der Waals surface area contributed by atoms with Gasteiger partial charge in [0, 0.05) is 24.3 Å². The molecule has 0 bridgehead atoms. The number of amides is 2. The predicted octanol–water partition coefficient (Wildman–Crippen LogP) is 2.55. The number of rotatable bonds is 8. The molecule has 5 nitrogen and oxygen atoms in total. The number of hydrogen-bond acceptors (Lipinski definition) is 3. The van der Waals surface area contributed by atoms with Crippen LogP contribution in [0.15, 0.2) is 54.6 Å². The predicted molar refractivity (Wildman–Crippen MR) is 95.8 cm³/mol. The van der Waals surface area contributed by atoms with E-state index in [1.165, 1.54) is 0 Å². The van der Waals surface area contributed by atoms with E-state index in [4.69, 9.17) is 0 Å². The second-order valence-corrected chi connectivity index (χ2v) is 5.45. The molecule has 2 aromatic rings. The van der Waals surface area contributed by atoms with Crippen molar-refractivity contribution in [2.45, 2.75) is 19.9 Å². The van der Waals surface area contributed by atoms with Crippen LogP contribution in [0, 0.1) is 0 Å². The van der Waals surface area contributed by atoms with Crippen LogP contribution < -0.4 is 16.0 Å². The van der Waals surface area contributed by atoms with Gasteiger partial charge >= 0.3 is 0 Å². The van der Waals surface area contributed by atoms with E-state index in [1.54, 1.807) is 24.3 Å². The summed E-state index contributed by atoms with van der Waals surface area (Å²) in [6, 6.07) is 16.8. The summed E-state index contributed by atoms with van der Waals surface area (Å²) in [5.74, 6) is -0.160. The van der Waals surface area contributed by atoms with Gasteiger partial charge in [-0.15, -0.1) is 0 Å². The highest BCUT2D eigenvalue weighted by atomic mass is 16.2. The Balaban J connectivity index is 1.75. The van der Waals surface area contributed by atoms with Crippen molar-refractivity contribution in [2.75, 3.05) is 18.4 Å². The van der Waals surface area contributed by atoms with Crippen LogP contribution in [0.25, 0.3) is 0 Å². The Morgan fingerprint density at radius 3 is 2.29 bits per heavy atom. The molecule has 0 heterocycles. The van der Waals surface area contributed by atoms with Crippen molar-refractivity contribution in [3.63, 3.8) is 0 Å². The molecule has 0 saturated carbocycles. The molecular weight excluding hydrogens is 302 g/mol. The lowest BCUT2D eigenvalue weighted by Gasteiger charge is -2.09. The van der Waals surface area contributed by atoms with Crippen LogP contribution in [0.5, 0.6) is 0 Å². The van der Waals surface area contributed by atoms with E-state index in [0.717, 1.165) is 17.7 Å². The number of benzene rings is 2. The molecule has 0 saturated heterocycles. The van der Waals surface area contributed by atoms with Gasteiger partial charge in [-0.3, -0.25) is 9.59 Å². The van der Waals surface area contributed by atoms with Gasteiger partial charge in [0.25, 0.3) is 5.91 Å². The molecule has 2 rings (SSSR count). The van der Waals surface area contributed by atoms with Crippen molar-refractivity contribution in [1.82, 2.24) is 10.6 Å². The molecule has 0 aromatic heterocycles. The van der Waals surface area contributed by atoms with Gasteiger partial charge in [-0.2, -0.15) is 0 Å². The van der Waals surface area contributed by atoms with Gasteiger partial charge in [0.15, 0.2) is 0 Å². The van der Waals surface area contributed by atoms with E-state index in [2.05, 4.69) is 16.0 Å². The Hall–Kier alpha value is -2.82. The second-order valence-electron chi connectivity index (χ2n) is 5.45. The fourth-order valence-electron chi connectivity index (χ4n) is 2.12. The van der Waals surface area contributed by atoms with E-state index >= 15 is 0 Å². The first kappa shape index (κ1) is 17.5. The third-order valence-corrected chi connectivity index (χ3v) is 3.47. The average molecular weight is 325 g/mol. The largest absolute Gasteiger partial charge is 0.376 e. The maximum atomic E-state index is 11.8. The molecule has 0 spiro atoms. The lowest BCUT2D eigenvalue weighted by molar-refractivity contribution is -0.119. The average Bonchev–Trinajstić information content (AvgIpc) is 2.64. The third-order valence-electron chi connectivity index (χ3n) is 3.47. The summed E-state index contributed by atoms with van der Waals surface area (Å²) in [5.41, 5.74) is 2.48. The highest BCUT2D eigenvalue weighted by Crippen LogP contribution is 2.09. The van der Waals surface area contributed by atoms with Crippen molar-refractivity contribution >= 4 is 17.5 Å². The molecule has 0 unspecified atom stereocenters. The highest BCUT2D eigenvalue weighted by molar-refractivity contribution is 5.94. The van der Waals surface area contributed by atoms with Crippen LogP contribution in [0.3, 0.4) is 0 Å². The molecule has 0 aliphatic heterocycles. The molecule has 0 fully saturated rings. The Morgan fingerprint density at radius 2 is 1.62 bits per heavy atom. The van der Waals surface area contributed by atoms with Crippen LogP contribution in [0.1, 0.15) is 29.3 Å². The van der Waals surface area contributed by atoms with Gasteiger partial charge in [0.05, 0.1) is 6.54 Å². The van der Waals surface area contributed by atoms with Gasteiger partial charge in [0.2, 0.25) is 5.91 Å². The maximum Gasteiger partial charge on any atom is 0.251 e. The molecule has 3 N–H and O–H groups in total. The minimum atomic E-state index is -0.0800. The Labute approximate surface area is 142 Å². The maximum absolute atomic E-state index is 11.8. The fraction of sp³-hybridized carbons (Fsp3) is 0.263. The lowest BCUT2D eigenvalue weighted by Crippen LogP contribution is -2.29. The Kier molecular flexibility index (Phi) is 6.83. The number of carbonyl (C=O) groups is 2. The van der Waals surface area contributed by atoms with E-state index in [0.29, 0.717) is 18.7 Å². The zero-order valence-corrected chi connectivity index (χ0v) is 13.8. The molecule has 5 heteroatoms. The number of anilines is 1. The fourth-order valence-corrected chi connectivity index (χ4v) is 2.12. The summed E-state index contributed by atoms with van der Waals surface area (Å²) >= 11 is 0. The van der Waals surface area contributed by atoms with Crippen LogP contribution >= 0.6 is 0 Å². The standard InChI is InChI=1S/C19H23N3O2/c1-2-12-20-19(24)16-8-10-17(11-9-16)21-14-18(23)22-13-15-6-4-3-5-7-15/h3-11,21H,2,12-14H2,1H3,(H,20,24)(H,22,23). The zero-order chi connectivity index (χ0) is 17.2. The summed E-state index contributed by atoms with van der Waals surface area (Å²) < 4.78 is 0. The number of carbonyl (C=O) groups excluding carboxylic acids is 2. The van der Waals surface area contributed by atoms with Crippen molar-refractivity contribution < 1.29 is 9.59 Å². The molecule has 24 heavy (non-hydrogen) atoms. The molecule has 0 aliphatic rings. The van der Waals surface area contributed by atoms with Gasteiger partial charge in [0.1, 0.15) is 0 Å². The zero-order valence-electron chi connectivity index (χ0n) is 13.8. The summed E-state index contributed by atoms with van der Waals surface area (Å²) in [7, 11) is 0. The second kappa shape index (κ2) is 9.35. The van der Waals surface area contributed by atoms with Crippen molar-refractivity contribution in [3.8, 4) is 0 Å². The first-order chi connectivity index (χ1) is 11.7. The highest BCUT2D eigenvalue weighted by Gasteiger charge is 2.05. The van der Waals surface area contributed by atoms with E-state index in [9.17, 15) is 9.59 Å². The van der Waals surface area contributed by atoms with Crippen LogP contribution in [-0.4, -0.2) is 24.9 Å². The van der Waals surface area contributed by atoms with Gasteiger partial charge in [-0.25, -0.2) is 0 Å². The Bertz CT molecular complexity index is 654. The molecule has 0 aliphatic carbocycles. The van der Waals surface area contributed by atoms with Crippen molar-refractivity contribution in [2.24, 2.45) is 0 Å². The smallest absolute Gasteiger partial charge is 0.251 e. The van der Waals surface area contributed by atoms with E-state index < -0.39 is 0 Å². The van der Waals surface area contributed by atoms with Crippen molar-refractivity contribution in [3.05, 3.63) is 65.7 Å².